The van der Waals surface area contributed by atoms with Gasteiger partial charge < -0.3 is 16.0 Å². The monoisotopic (exact) mass is 294 g/mol. The summed E-state index contributed by atoms with van der Waals surface area (Å²) >= 11 is 1.92. The van der Waals surface area contributed by atoms with E-state index >= 15 is 0 Å². The molecule has 1 saturated heterocycles. The van der Waals surface area contributed by atoms with Crippen LogP contribution in [0.5, 0.6) is 0 Å². The maximum atomic E-state index is 5.82. The predicted octanol–water partition coefficient (Wildman–Crippen LogP) is 1.75. The topological polar surface area (TPSA) is 80.0 Å². The summed E-state index contributed by atoms with van der Waals surface area (Å²) in [4.78, 5) is 15.2. The minimum Gasteiger partial charge on any atom is -0.368 e. The van der Waals surface area contributed by atoms with Crippen LogP contribution in [0.25, 0.3) is 0 Å². The highest BCUT2D eigenvalue weighted by Gasteiger charge is 2.41. The Morgan fingerprint density at radius 1 is 1.20 bits per heavy atom. The molecule has 2 heterocycles. The molecular weight excluding hydrogens is 272 g/mol. The zero-order valence-electron chi connectivity index (χ0n) is 11.9. The molecule has 6 nitrogen and oxygen atoms in total. The zero-order chi connectivity index (χ0) is 14.0. The number of rotatable bonds is 5. The third-order valence-corrected chi connectivity index (χ3v) is 5.51. The van der Waals surface area contributed by atoms with E-state index in [1.54, 1.807) is 0 Å². The fraction of sp³-hybridized carbons (Fsp3) is 0.769. The van der Waals surface area contributed by atoms with Crippen molar-refractivity contribution in [2.75, 3.05) is 41.8 Å². The minimum atomic E-state index is 0.303. The Morgan fingerprint density at radius 3 is 2.60 bits per heavy atom. The van der Waals surface area contributed by atoms with Crippen molar-refractivity contribution in [1.29, 1.82) is 0 Å². The molecule has 7 heteroatoms. The van der Waals surface area contributed by atoms with Gasteiger partial charge in [0.05, 0.1) is 0 Å². The van der Waals surface area contributed by atoms with Crippen LogP contribution in [0.4, 0.5) is 17.8 Å². The Hall–Kier alpha value is -1.24. The summed E-state index contributed by atoms with van der Waals surface area (Å²) in [5.41, 5.74) is 5.82. The van der Waals surface area contributed by atoms with E-state index in [1.165, 1.54) is 32.1 Å². The van der Waals surface area contributed by atoms with Gasteiger partial charge in [0, 0.05) is 24.4 Å². The molecule has 0 atom stereocenters. The number of nitrogens with two attached hydrogens (primary N) is 1. The molecule has 3 rings (SSSR count). The Morgan fingerprint density at radius 2 is 1.95 bits per heavy atom. The van der Waals surface area contributed by atoms with Gasteiger partial charge >= 0.3 is 0 Å². The van der Waals surface area contributed by atoms with E-state index in [9.17, 15) is 0 Å². The highest BCUT2D eigenvalue weighted by atomic mass is 32.2. The SMILES string of the molecule is CSC1(CNc2nc(N)nc(N3CCCCC3)n2)CC1. The molecule has 1 aromatic heterocycles. The second kappa shape index (κ2) is 5.63. The summed E-state index contributed by atoms with van der Waals surface area (Å²) in [5.74, 6) is 1.63. The summed E-state index contributed by atoms with van der Waals surface area (Å²) in [7, 11) is 0. The van der Waals surface area contributed by atoms with Crippen molar-refractivity contribution < 1.29 is 0 Å². The molecule has 110 valence electrons. The van der Waals surface area contributed by atoms with E-state index in [4.69, 9.17) is 5.73 Å². The lowest BCUT2D eigenvalue weighted by atomic mass is 10.1. The van der Waals surface area contributed by atoms with Crippen molar-refractivity contribution in [2.45, 2.75) is 36.9 Å². The predicted molar refractivity (Wildman–Crippen MR) is 84.3 cm³/mol. The van der Waals surface area contributed by atoms with Crippen LogP contribution in [0.3, 0.4) is 0 Å². The number of nitrogens with one attached hydrogen (secondary N) is 1. The quantitative estimate of drug-likeness (QED) is 0.856. The number of thioether (sulfide) groups is 1. The fourth-order valence-electron chi connectivity index (χ4n) is 2.53. The second-order valence-corrected chi connectivity index (χ2v) is 6.88. The van der Waals surface area contributed by atoms with E-state index in [2.05, 4.69) is 31.4 Å². The van der Waals surface area contributed by atoms with Crippen LogP contribution in [0.1, 0.15) is 32.1 Å². The third-order valence-electron chi connectivity index (χ3n) is 4.09. The molecule has 2 aliphatic rings. The first-order valence-corrected chi connectivity index (χ1v) is 8.49. The molecule has 0 aromatic carbocycles. The van der Waals surface area contributed by atoms with Crippen LogP contribution in [0.15, 0.2) is 0 Å². The number of aromatic nitrogens is 3. The van der Waals surface area contributed by atoms with Crippen molar-refractivity contribution in [2.24, 2.45) is 0 Å². The number of nitrogen functional groups attached to an aromatic ring is 1. The number of hydrogen-bond donors (Lipinski definition) is 2. The molecule has 1 aromatic rings. The van der Waals surface area contributed by atoms with Crippen LogP contribution >= 0.6 is 11.8 Å². The lowest BCUT2D eigenvalue weighted by Gasteiger charge is -2.26. The molecule has 0 amide bonds. The van der Waals surface area contributed by atoms with Crippen molar-refractivity contribution >= 4 is 29.6 Å². The molecule has 3 N–H and O–H groups in total. The van der Waals surface area contributed by atoms with Crippen LogP contribution in [-0.2, 0) is 0 Å². The summed E-state index contributed by atoms with van der Waals surface area (Å²) in [5, 5.41) is 3.33. The number of hydrogen-bond acceptors (Lipinski definition) is 7. The Bertz CT molecular complexity index is 470. The van der Waals surface area contributed by atoms with Gasteiger partial charge in [-0.2, -0.15) is 26.7 Å². The van der Waals surface area contributed by atoms with Gasteiger partial charge in [0.2, 0.25) is 17.8 Å². The highest BCUT2D eigenvalue weighted by molar-refractivity contribution is 8.00. The minimum absolute atomic E-state index is 0.303. The number of anilines is 3. The molecule has 0 spiro atoms. The fourth-order valence-corrected chi connectivity index (χ4v) is 3.25. The van der Waals surface area contributed by atoms with E-state index in [-0.39, 0.29) is 0 Å². The second-order valence-electron chi connectivity index (χ2n) is 5.61. The third kappa shape index (κ3) is 3.08. The van der Waals surface area contributed by atoms with Crippen LogP contribution in [-0.4, -0.2) is 45.6 Å². The lowest BCUT2D eigenvalue weighted by Crippen LogP contribution is -2.31. The normalized spacial score (nSPS) is 20.8. The van der Waals surface area contributed by atoms with Crippen LogP contribution in [0, 0.1) is 0 Å². The van der Waals surface area contributed by atoms with Gasteiger partial charge in [0.1, 0.15) is 0 Å². The van der Waals surface area contributed by atoms with Gasteiger partial charge in [0.15, 0.2) is 0 Å². The average Bonchev–Trinajstić information content (AvgIpc) is 3.26. The zero-order valence-corrected chi connectivity index (χ0v) is 12.7. The molecule has 1 aliphatic heterocycles. The Kier molecular flexibility index (Phi) is 3.87. The maximum Gasteiger partial charge on any atom is 0.231 e. The number of nitrogens with zero attached hydrogens (tertiary/aromatic N) is 4. The van der Waals surface area contributed by atoms with Crippen molar-refractivity contribution in [3.05, 3.63) is 0 Å². The molecule has 2 fully saturated rings. The average molecular weight is 294 g/mol. The smallest absolute Gasteiger partial charge is 0.231 e. The molecule has 1 saturated carbocycles. The molecular formula is C13H22N6S. The highest BCUT2D eigenvalue weighted by Crippen LogP contribution is 2.46. The van der Waals surface area contributed by atoms with Crippen molar-refractivity contribution in [1.82, 2.24) is 15.0 Å². The molecule has 1 aliphatic carbocycles. The van der Waals surface area contributed by atoms with Gasteiger partial charge in [-0.25, -0.2) is 0 Å². The van der Waals surface area contributed by atoms with Gasteiger partial charge in [-0.05, 0) is 38.4 Å². The molecule has 0 radical (unpaired) electrons. The van der Waals surface area contributed by atoms with Gasteiger partial charge in [-0.3, -0.25) is 0 Å². The lowest BCUT2D eigenvalue weighted by molar-refractivity contribution is 0.568. The summed E-state index contributed by atoms with van der Waals surface area (Å²) in [6.07, 6.45) is 8.38. The van der Waals surface area contributed by atoms with Crippen molar-refractivity contribution in [3.63, 3.8) is 0 Å². The summed E-state index contributed by atoms with van der Waals surface area (Å²) in [6.45, 7) is 2.92. The first-order chi connectivity index (χ1) is 9.71. The van der Waals surface area contributed by atoms with Crippen LogP contribution < -0.4 is 16.0 Å². The largest absolute Gasteiger partial charge is 0.368 e. The first-order valence-electron chi connectivity index (χ1n) is 7.26. The number of piperidine rings is 1. The van der Waals surface area contributed by atoms with E-state index in [0.717, 1.165) is 19.6 Å². The van der Waals surface area contributed by atoms with E-state index in [1.807, 2.05) is 11.8 Å². The molecule has 20 heavy (non-hydrogen) atoms. The maximum absolute atomic E-state index is 5.82. The first kappa shape index (κ1) is 13.7. The van der Waals surface area contributed by atoms with E-state index in [0.29, 0.717) is 22.6 Å². The van der Waals surface area contributed by atoms with Crippen molar-refractivity contribution in [3.8, 4) is 0 Å². The van der Waals surface area contributed by atoms with E-state index < -0.39 is 0 Å². The van der Waals surface area contributed by atoms with Gasteiger partial charge in [-0.1, -0.05) is 0 Å². The summed E-state index contributed by atoms with van der Waals surface area (Å²) in [6, 6.07) is 0. The van der Waals surface area contributed by atoms with Gasteiger partial charge in [-0.15, -0.1) is 0 Å². The molecule has 0 unspecified atom stereocenters. The molecule has 0 bridgehead atoms. The standard InChI is InChI=1S/C13H22N6S/c1-20-13(5-6-13)9-15-11-16-10(14)17-12(18-11)19-7-3-2-4-8-19/h2-9H2,1H3,(H3,14,15,16,17,18). The van der Waals surface area contributed by atoms with Gasteiger partial charge in [0.25, 0.3) is 0 Å². The Labute approximate surface area is 124 Å². The van der Waals surface area contributed by atoms with Crippen LogP contribution in [0.2, 0.25) is 0 Å². The Balaban J connectivity index is 1.69. The summed E-state index contributed by atoms with van der Waals surface area (Å²) < 4.78 is 0.382.